The van der Waals surface area contributed by atoms with Crippen molar-refractivity contribution in [2.75, 3.05) is 25.1 Å². The maximum atomic E-state index is 13.4. The van der Waals surface area contributed by atoms with Gasteiger partial charge in [0.25, 0.3) is 0 Å². The van der Waals surface area contributed by atoms with Crippen LogP contribution in [0.25, 0.3) is 22.6 Å². The summed E-state index contributed by atoms with van der Waals surface area (Å²) in [7, 11) is 1.66. The number of methoxy groups -OCH3 is 1. The molecule has 0 radical (unpaired) electrons. The second-order valence-corrected chi connectivity index (χ2v) is 7.54. The van der Waals surface area contributed by atoms with Crippen LogP contribution in [0.4, 0.5) is 10.5 Å². The molecule has 1 aromatic heterocycles. The largest absolute Gasteiger partial charge is 0.497 e. The Hall–Kier alpha value is -3.28. The van der Waals surface area contributed by atoms with Crippen LogP contribution in [0.15, 0.2) is 54.7 Å². The number of hydrogen-bond acceptors (Lipinski definition) is 3. The van der Waals surface area contributed by atoms with Crippen molar-refractivity contribution in [1.29, 1.82) is 0 Å². The molecule has 29 heavy (non-hydrogen) atoms. The molecule has 2 aliphatic heterocycles. The quantitative estimate of drug-likeness (QED) is 0.644. The van der Waals surface area contributed by atoms with E-state index >= 15 is 0 Å². The number of carbonyl (C=O) groups is 1. The zero-order chi connectivity index (χ0) is 19.8. The highest BCUT2D eigenvalue weighted by molar-refractivity contribution is 5.97. The van der Waals surface area contributed by atoms with Crippen LogP contribution < -0.4 is 9.64 Å². The molecule has 0 spiro atoms. The zero-order valence-corrected chi connectivity index (χ0v) is 16.5. The number of benzene rings is 2. The molecule has 0 N–H and O–H groups in total. The summed E-state index contributed by atoms with van der Waals surface area (Å²) in [5.41, 5.74) is 3.99. The van der Waals surface area contributed by atoms with Gasteiger partial charge in [-0.2, -0.15) is 0 Å². The summed E-state index contributed by atoms with van der Waals surface area (Å²) in [4.78, 5) is 22.0. The number of likely N-dealkylation sites (tertiary alicyclic amines) is 1. The van der Waals surface area contributed by atoms with E-state index in [2.05, 4.69) is 10.6 Å². The van der Waals surface area contributed by atoms with Crippen molar-refractivity contribution < 1.29 is 9.53 Å². The number of piperidine rings is 1. The molecular formula is C23H24N4O2. The summed E-state index contributed by atoms with van der Waals surface area (Å²) in [6, 6.07) is 16.1. The van der Waals surface area contributed by atoms with Gasteiger partial charge in [0, 0.05) is 24.2 Å². The van der Waals surface area contributed by atoms with Gasteiger partial charge in [-0.1, -0.05) is 30.3 Å². The van der Waals surface area contributed by atoms with E-state index in [9.17, 15) is 4.79 Å². The van der Waals surface area contributed by atoms with Crippen LogP contribution in [-0.4, -0.2) is 40.7 Å². The Morgan fingerprint density at radius 2 is 1.86 bits per heavy atom. The Morgan fingerprint density at radius 1 is 1.03 bits per heavy atom. The first-order valence-electron chi connectivity index (χ1n) is 10.1. The van der Waals surface area contributed by atoms with Crippen molar-refractivity contribution in [3.63, 3.8) is 0 Å². The fourth-order valence-electron chi connectivity index (χ4n) is 4.29. The normalized spacial score (nSPS) is 15.6. The fourth-order valence-corrected chi connectivity index (χ4v) is 4.29. The Labute approximate surface area is 170 Å². The second kappa shape index (κ2) is 7.28. The predicted molar refractivity (Wildman–Crippen MR) is 113 cm³/mol. The molecule has 2 aliphatic rings. The average molecular weight is 388 g/mol. The molecular weight excluding hydrogens is 364 g/mol. The highest BCUT2D eigenvalue weighted by Crippen LogP contribution is 2.39. The van der Waals surface area contributed by atoms with Crippen LogP contribution >= 0.6 is 0 Å². The number of amides is 2. The van der Waals surface area contributed by atoms with Gasteiger partial charge in [-0.3, -0.25) is 4.90 Å². The first-order valence-corrected chi connectivity index (χ1v) is 10.1. The molecule has 0 aliphatic carbocycles. The summed E-state index contributed by atoms with van der Waals surface area (Å²) in [5, 5.41) is 0. The molecule has 2 aromatic carbocycles. The number of ether oxygens (including phenoxy) is 1. The van der Waals surface area contributed by atoms with Crippen LogP contribution in [-0.2, 0) is 6.67 Å². The molecule has 1 fully saturated rings. The lowest BCUT2D eigenvalue weighted by Crippen LogP contribution is -2.47. The minimum atomic E-state index is 0.0769. The van der Waals surface area contributed by atoms with Crippen LogP contribution in [0, 0.1) is 0 Å². The fraction of sp³-hybridized carbons (Fsp3) is 0.304. The van der Waals surface area contributed by atoms with E-state index in [1.54, 1.807) is 7.11 Å². The molecule has 2 amide bonds. The summed E-state index contributed by atoms with van der Waals surface area (Å²) < 4.78 is 7.51. The van der Waals surface area contributed by atoms with Gasteiger partial charge in [0.1, 0.15) is 18.2 Å². The topological polar surface area (TPSA) is 50.6 Å². The standard InChI is InChI=1S/C23H24N4O2/c1-29-18-9-7-8-17(14-18)22-24-15-21-19-10-3-4-11-20(19)27(16-26(21)22)23(28)25-12-5-2-6-13-25/h3-4,7-11,14-15H,2,5-6,12-13,16H2,1H3. The van der Waals surface area contributed by atoms with E-state index in [1.165, 1.54) is 6.42 Å². The third-order valence-corrected chi connectivity index (χ3v) is 5.79. The molecule has 0 bridgehead atoms. The highest BCUT2D eigenvalue weighted by Gasteiger charge is 2.31. The number of carbonyl (C=O) groups excluding carboxylic acids is 1. The minimum Gasteiger partial charge on any atom is -0.497 e. The van der Waals surface area contributed by atoms with Gasteiger partial charge in [-0.05, 0) is 37.5 Å². The summed E-state index contributed by atoms with van der Waals surface area (Å²) in [6.07, 6.45) is 5.25. The summed E-state index contributed by atoms with van der Waals surface area (Å²) in [5.74, 6) is 1.63. The molecule has 0 unspecified atom stereocenters. The molecule has 148 valence electrons. The Morgan fingerprint density at radius 3 is 2.69 bits per heavy atom. The van der Waals surface area contributed by atoms with Crippen molar-refractivity contribution in [3.8, 4) is 28.4 Å². The van der Waals surface area contributed by atoms with E-state index in [4.69, 9.17) is 9.72 Å². The van der Waals surface area contributed by atoms with E-state index in [-0.39, 0.29) is 6.03 Å². The Kier molecular flexibility index (Phi) is 4.46. The monoisotopic (exact) mass is 388 g/mol. The van der Waals surface area contributed by atoms with Gasteiger partial charge in [-0.15, -0.1) is 0 Å². The van der Waals surface area contributed by atoms with Crippen LogP contribution in [0.3, 0.4) is 0 Å². The lowest BCUT2D eigenvalue weighted by Gasteiger charge is -2.36. The maximum Gasteiger partial charge on any atom is 0.326 e. The molecule has 5 rings (SSSR count). The first kappa shape index (κ1) is 17.8. The predicted octanol–water partition coefficient (Wildman–Crippen LogP) is 4.61. The SMILES string of the molecule is COc1cccc(-c2ncc3n2CN(C(=O)N2CCCCC2)c2ccccc2-3)c1. The Bertz CT molecular complexity index is 1050. The third-order valence-electron chi connectivity index (χ3n) is 5.79. The molecule has 3 aromatic rings. The second-order valence-electron chi connectivity index (χ2n) is 7.54. The number of urea groups is 1. The minimum absolute atomic E-state index is 0.0769. The van der Waals surface area contributed by atoms with E-state index in [1.807, 2.05) is 58.5 Å². The van der Waals surface area contributed by atoms with Gasteiger partial charge < -0.3 is 14.2 Å². The van der Waals surface area contributed by atoms with Crippen LogP contribution in [0.2, 0.25) is 0 Å². The lowest BCUT2D eigenvalue weighted by atomic mass is 10.1. The van der Waals surface area contributed by atoms with Crippen molar-refractivity contribution in [1.82, 2.24) is 14.5 Å². The molecule has 0 saturated carbocycles. The van der Waals surface area contributed by atoms with Crippen molar-refractivity contribution in [2.24, 2.45) is 0 Å². The number of imidazole rings is 1. The van der Waals surface area contributed by atoms with Crippen LogP contribution in [0.1, 0.15) is 19.3 Å². The highest BCUT2D eigenvalue weighted by atomic mass is 16.5. The number of aromatic nitrogens is 2. The molecule has 3 heterocycles. The van der Waals surface area contributed by atoms with Gasteiger partial charge in [0.05, 0.1) is 24.7 Å². The molecule has 0 atom stereocenters. The summed E-state index contributed by atoms with van der Waals surface area (Å²) >= 11 is 0. The number of nitrogens with zero attached hydrogens (tertiary/aromatic N) is 4. The molecule has 6 nitrogen and oxygen atoms in total. The number of fused-ring (bicyclic) bond motifs is 3. The zero-order valence-electron chi connectivity index (χ0n) is 16.5. The van der Waals surface area contributed by atoms with Gasteiger partial charge in [0.15, 0.2) is 0 Å². The molecule has 6 heteroatoms. The van der Waals surface area contributed by atoms with E-state index in [0.717, 1.165) is 60.0 Å². The van der Waals surface area contributed by atoms with E-state index < -0.39 is 0 Å². The smallest absolute Gasteiger partial charge is 0.326 e. The average Bonchev–Trinajstić information content (AvgIpc) is 3.23. The number of anilines is 1. The Balaban J connectivity index is 1.58. The third kappa shape index (κ3) is 3.05. The maximum absolute atomic E-state index is 13.4. The number of para-hydroxylation sites is 1. The first-order chi connectivity index (χ1) is 14.3. The van der Waals surface area contributed by atoms with Gasteiger partial charge in [0.2, 0.25) is 0 Å². The lowest BCUT2D eigenvalue weighted by molar-refractivity contribution is 0.191. The van der Waals surface area contributed by atoms with Crippen LogP contribution in [0.5, 0.6) is 5.75 Å². The van der Waals surface area contributed by atoms with Crippen molar-refractivity contribution in [3.05, 3.63) is 54.7 Å². The number of rotatable bonds is 2. The van der Waals surface area contributed by atoms with Crippen molar-refractivity contribution in [2.45, 2.75) is 25.9 Å². The number of hydrogen-bond donors (Lipinski definition) is 0. The molecule has 1 saturated heterocycles. The van der Waals surface area contributed by atoms with Gasteiger partial charge in [-0.25, -0.2) is 9.78 Å². The van der Waals surface area contributed by atoms with Crippen molar-refractivity contribution >= 4 is 11.7 Å². The summed E-state index contributed by atoms with van der Waals surface area (Å²) in [6.45, 7) is 2.11. The van der Waals surface area contributed by atoms with Gasteiger partial charge >= 0.3 is 6.03 Å². The van der Waals surface area contributed by atoms with E-state index in [0.29, 0.717) is 6.67 Å².